The molecule has 0 aliphatic heterocycles. The van der Waals surface area contributed by atoms with E-state index in [9.17, 15) is 4.39 Å². The summed E-state index contributed by atoms with van der Waals surface area (Å²) in [6, 6.07) is 12.4. The zero-order valence-electron chi connectivity index (χ0n) is 12.7. The highest BCUT2D eigenvalue weighted by Gasteiger charge is 2.03. The second-order valence-electron chi connectivity index (χ2n) is 4.83. The lowest BCUT2D eigenvalue weighted by Crippen LogP contribution is -2.30. The maximum absolute atomic E-state index is 13.0. The number of hydrogen-bond acceptors (Lipinski definition) is 2. The number of benzene rings is 2. The first-order chi connectivity index (χ1) is 11.1. The molecule has 0 atom stereocenters. The van der Waals surface area contributed by atoms with Gasteiger partial charge in [-0.3, -0.25) is 0 Å². The van der Waals surface area contributed by atoms with Crippen molar-refractivity contribution >= 4 is 38.9 Å². The number of halogens is 2. The van der Waals surface area contributed by atoms with E-state index in [1.807, 2.05) is 31.2 Å². The molecule has 23 heavy (non-hydrogen) atoms. The first-order valence-corrected chi connectivity index (χ1v) is 8.50. The summed E-state index contributed by atoms with van der Waals surface area (Å²) in [5.74, 6) is 0.583. The predicted octanol–water partition coefficient (Wildman–Crippen LogP) is 4.52. The lowest BCUT2D eigenvalue weighted by atomic mass is 10.1. The van der Waals surface area contributed by atoms with Crippen LogP contribution in [0.3, 0.4) is 0 Å². The minimum Gasteiger partial charge on any atom is -0.494 e. The van der Waals surface area contributed by atoms with Crippen LogP contribution in [0.5, 0.6) is 5.75 Å². The van der Waals surface area contributed by atoms with Gasteiger partial charge >= 0.3 is 0 Å². The average Bonchev–Trinajstić information content (AvgIpc) is 2.52. The molecule has 2 aromatic carbocycles. The minimum atomic E-state index is -0.295. The first kappa shape index (κ1) is 17.7. The first-order valence-electron chi connectivity index (χ1n) is 7.30. The van der Waals surface area contributed by atoms with Crippen molar-refractivity contribution in [3.63, 3.8) is 0 Å². The maximum Gasteiger partial charge on any atom is 0.170 e. The molecule has 0 saturated heterocycles. The van der Waals surface area contributed by atoms with Gasteiger partial charge in [0, 0.05) is 11.0 Å². The summed E-state index contributed by atoms with van der Waals surface area (Å²) < 4.78 is 19.1. The Bertz CT molecular complexity index is 664. The Morgan fingerprint density at radius 3 is 2.61 bits per heavy atom. The molecule has 0 heterocycles. The normalized spacial score (nSPS) is 10.2. The van der Waals surface area contributed by atoms with Crippen LogP contribution in [0.2, 0.25) is 0 Å². The largest absolute Gasteiger partial charge is 0.494 e. The highest BCUT2D eigenvalue weighted by Crippen LogP contribution is 2.22. The van der Waals surface area contributed by atoms with Crippen LogP contribution in [-0.4, -0.2) is 18.3 Å². The quantitative estimate of drug-likeness (QED) is 0.703. The van der Waals surface area contributed by atoms with Gasteiger partial charge in [-0.25, -0.2) is 4.39 Å². The molecule has 122 valence electrons. The highest BCUT2D eigenvalue weighted by molar-refractivity contribution is 9.10. The fourth-order valence-electron chi connectivity index (χ4n) is 2.00. The number of rotatable bonds is 6. The summed E-state index contributed by atoms with van der Waals surface area (Å²) >= 11 is 8.54. The Morgan fingerprint density at radius 2 is 1.96 bits per heavy atom. The van der Waals surface area contributed by atoms with E-state index >= 15 is 0 Å². The van der Waals surface area contributed by atoms with Gasteiger partial charge in [0.15, 0.2) is 5.11 Å². The third-order valence-electron chi connectivity index (χ3n) is 3.11. The van der Waals surface area contributed by atoms with Crippen LogP contribution in [0.15, 0.2) is 46.9 Å². The Balaban J connectivity index is 1.78. The Morgan fingerprint density at radius 1 is 1.22 bits per heavy atom. The van der Waals surface area contributed by atoms with Crippen LogP contribution >= 0.6 is 28.1 Å². The molecule has 0 unspecified atom stereocenters. The van der Waals surface area contributed by atoms with Crippen LogP contribution in [0.25, 0.3) is 0 Å². The molecule has 0 radical (unpaired) electrons. The molecule has 3 nitrogen and oxygen atoms in total. The molecule has 0 fully saturated rings. The number of nitrogens with one attached hydrogen (secondary N) is 2. The van der Waals surface area contributed by atoms with Crippen LogP contribution in [-0.2, 0) is 6.42 Å². The third kappa shape index (κ3) is 5.80. The monoisotopic (exact) mass is 396 g/mol. The van der Waals surface area contributed by atoms with Crippen molar-refractivity contribution < 1.29 is 9.13 Å². The summed E-state index contributed by atoms with van der Waals surface area (Å²) in [7, 11) is 0. The fourth-order valence-corrected chi connectivity index (χ4v) is 2.66. The Labute approximate surface area is 149 Å². The number of anilines is 1. The number of thiocarbonyl (C=S) groups is 1. The van der Waals surface area contributed by atoms with E-state index < -0.39 is 0 Å². The van der Waals surface area contributed by atoms with Gasteiger partial charge in [-0.15, -0.1) is 0 Å². The Kier molecular flexibility index (Phi) is 6.80. The third-order valence-corrected chi connectivity index (χ3v) is 4.02. The molecule has 0 amide bonds. The van der Waals surface area contributed by atoms with Gasteiger partial charge in [0.05, 0.1) is 12.3 Å². The molecule has 0 aliphatic carbocycles. The fraction of sp³-hybridized carbons (Fsp3) is 0.235. The van der Waals surface area contributed by atoms with E-state index in [4.69, 9.17) is 17.0 Å². The van der Waals surface area contributed by atoms with Crippen LogP contribution in [0, 0.1) is 5.82 Å². The zero-order chi connectivity index (χ0) is 16.7. The van der Waals surface area contributed by atoms with Crippen molar-refractivity contribution in [1.29, 1.82) is 0 Å². The van der Waals surface area contributed by atoms with Gasteiger partial charge in [0.25, 0.3) is 0 Å². The van der Waals surface area contributed by atoms with Crippen LogP contribution < -0.4 is 15.4 Å². The van der Waals surface area contributed by atoms with E-state index in [2.05, 4.69) is 26.6 Å². The molecule has 2 rings (SSSR count). The molecule has 0 aromatic heterocycles. The molecule has 0 spiro atoms. The smallest absolute Gasteiger partial charge is 0.170 e. The number of ether oxygens (including phenoxy) is 1. The Hall–Kier alpha value is -1.66. The molecule has 2 N–H and O–H groups in total. The molecular weight excluding hydrogens is 379 g/mol. The van der Waals surface area contributed by atoms with Crippen molar-refractivity contribution in [2.75, 3.05) is 18.5 Å². The van der Waals surface area contributed by atoms with Gasteiger partial charge in [-0.05, 0) is 77.4 Å². The van der Waals surface area contributed by atoms with Crippen LogP contribution in [0.4, 0.5) is 10.1 Å². The average molecular weight is 397 g/mol. The zero-order valence-corrected chi connectivity index (χ0v) is 15.1. The van der Waals surface area contributed by atoms with Gasteiger partial charge in [-0.2, -0.15) is 0 Å². The van der Waals surface area contributed by atoms with Crippen LogP contribution in [0.1, 0.15) is 12.5 Å². The van der Waals surface area contributed by atoms with Gasteiger partial charge in [-0.1, -0.05) is 12.1 Å². The molecule has 2 aromatic rings. The topological polar surface area (TPSA) is 33.3 Å². The van der Waals surface area contributed by atoms with Crippen molar-refractivity contribution in [1.82, 2.24) is 5.32 Å². The summed E-state index contributed by atoms with van der Waals surface area (Å²) in [4.78, 5) is 0. The lowest BCUT2D eigenvalue weighted by Gasteiger charge is -2.12. The standard InChI is InChI=1S/C17H18BrFN2OS/c1-2-22-14-6-3-12(4-7-14)9-10-20-17(23)21-16-8-5-13(19)11-15(16)18/h3-8,11H,2,9-10H2,1H3,(H2,20,21,23). The van der Waals surface area contributed by atoms with Crippen molar-refractivity contribution in [3.8, 4) is 5.75 Å². The van der Waals surface area contributed by atoms with E-state index in [1.54, 1.807) is 6.07 Å². The van der Waals surface area contributed by atoms with Crippen molar-refractivity contribution in [2.24, 2.45) is 0 Å². The van der Waals surface area contributed by atoms with Gasteiger partial charge in [0.2, 0.25) is 0 Å². The summed E-state index contributed by atoms with van der Waals surface area (Å²) in [6.07, 6.45) is 0.846. The van der Waals surface area contributed by atoms with Crippen molar-refractivity contribution in [2.45, 2.75) is 13.3 Å². The minimum absolute atomic E-state index is 0.295. The van der Waals surface area contributed by atoms with Gasteiger partial charge < -0.3 is 15.4 Å². The highest BCUT2D eigenvalue weighted by atomic mass is 79.9. The second-order valence-corrected chi connectivity index (χ2v) is 6.09. The van der Waals surface area contributed by atoms with E-state index in [0.717, 1.165) is 17.9 Å². The lowest BCUT2D eigenvalue weighted by molar-refractivity contribution is 0.340. The second kappa shape index (κ2) is 8.84. The molecule has 0 aliphatic rings. The van der Waals surface area contributed by atoms with Gasteiger partial charge in [0.1, 0.15) is 11.6 Å². The molecule has 0 saturated carbocycles. The summed E-state index contributed by atoms with van der Waals surface area (Å²) in [6.45, 7) is 3.34. The van der Waals surface area contributed by atoms with E-state index in [1.165, 1.54) is 17.7 Å². The predicted molar refractivity (Wildman–Crippen MR) is 99.6 cm³/mol. The number of hydrogen-bond donors (Lipinski definition) is 2. The SMILES string of the molecule is CCOc1ccc(CCNC(=S)Nc2ccc(F)cc2Br)cc1. The van der Waals surface area contributed by atoms with E-state index in [0.29, 0.717) is 22.7 Å². The molecule has 0 bridgehead atoms. The maximum atomic E-state index is 13.0. The van der Waals surface area contributed by atoms with E-state index in [-0.39, 0.29) is 5.82 Å². The van der Waals surface area contributed by atoms with Crippen molar-refractivity contribution in [3.05, 3.63) is 58.3 Å². The summed E-state index contributed by atoms with van der Waals surface area (Å²) in [5, 5.41) is 6.68. The summed E-state index contributed by atoms with van der Waals surface area (Å²) in [5.41, 5.74) is 1.93. The molecular formula is C17H18BrFN2OS. The molecule has 6 heteroatoms.